The number of benzene rings is 2. The minimum atomic E-state index is -4.40. The highest BCUT2D eigenvalue weighted by molar-refractivity contribution is 14.1. The first-order valence-electron chi connectivity index (χ1n) is 5.11. The molecule has 0 heterocycles. The number of halogens is 6. The normalized spacial score (nSPS) is 11.7. The molecular weight excluding hydrogens is 411 g/mol. The Morgan fingerprint density at radius 2 is 1.53 bits per heavy atom. The molecule has 2 aromatic rings. The number of hydrogen-bond donors (Lipinski definition) is 0. The Balaban J connectivity index is 2.67. The fourth-order valence-corrected chi connectivity index (χ4v) is 2.96. The van der Waals surface area contributed by atoms with E-state index in [1.807, 2.05) is 22.6 Å². The van der Waals surface area contributed by atoms with Gasteiger partial charge in [-0.2, -0.15) is 13.2 Å². The lowest BCUT2D eigenvalue weighted by Gasteiger charge is -2.12. The van der Waals surface area contributed by atoms with Crippen LogP contribution in [0, 0.1) is 3.57 Å². The van der Waals surface area contributed by atoms with Crippen LogP contribution >= 0.6 is 45.8 Å². The lowest BCUT2D eigenvalue weighted by Crippen LogP contribution is -2.05. The van der Waals surface area contributed by atoms with Crippen LogP contribution in [0.1, 0.15) is 5.56 Å². The summed E-state index contributed by atoms with van der Waals surface area (Å²) in [5.74, 6) is 0. The lowest BCUT2D eigenvalue weighted by molar-refractivity contribution is -0.137. The Morgan fingerprint density at radius 3 is 2.05 bits per heavy atom. The molecule has 0 bridgehead atoms. The van der Waals surface area contributed by atoms with Crippen LogP contribution in [0.4, 0.5) is 13.2 Å². The summed E-state index contributed by atoms with van der Waals surface area (Å²) >= 11 is 13.9. The first-order valence-corrected chi connectivity index (χ1v) is 6.94. The fourth-order valence-electron chi connectivity index (χ4n) is 1.67. The molecule has 0 unspecified atom stereocenters. The van der Waals surface area contributed by atoms with E-state index in [9.17, 15) is 13.2 Å². The molecule has 0 nitrogen and oxygen atoms in total. The van der Waals surface area contributed by atoms with Gasteiger partial charge in [0.15, 0.2) is 0 Å². The van der Waals surface area contributed by atoms with E-state index < -0.39 is 11.7 Å². The zero-order chi connectivity index (χ0) is 14.2. The summed E-state index contributed by atoms with van der Waals surface area (Å²) in [6.07, 6.45) is -4.40. The quantitative estimate of drug-likeness (QED) is 0.479. The van der Waals surface area contributed by atoms with E-state index in [1.165, 1.54) is 0 Å². The smallest absolute Gasteiger partial charge is 0.166 e. The van der Waals surface area contributed by atoms with E-state index in [4.69, 9.17) is 23.2 Å². The zero-order valence-corrected chi connectivity index (χ0v) is 12.9. The fraction of sp³-hybridized carbons (Fsp3) is 0.0769. The summed E-state index contributed by atoms with van der Waals surface area (Å²) in [5.41, 5.74) is 0.0510. The van der Waals surface area contributed by atoms with E-state index in [0.717, 1.165) is 12.1 Å². The molecule has 0 spiro atoms. The van der Waals surface area contributed by atoms with Gasteiger partial charge >= 0.3 is 6.18 Å². The van der Waals surface area contributed by atoms with Gasteiger partial charge in [-0.25, -0.2) is 0 Å². The van der Waals surface area contributed by atoms with Crippen LogP contribution in [0.3, 0.4) is 0 Å². The van der Waals surface area contributed by atoms with Gasteiger partial charge in [0.1, 0.15) is 0 Å². The number of rotatable bonds is 1. The van der Waals surface area contributed by atoms with Crippen LogP contribution < -0.4 is 0 Å². The van der Waals surface area contributed by atoms with Gasteiger partial charge in [-0.3, -0.25) is 0 Å². The molecule has 0 aromatic heterocycles. The van der Waals surface area contributed by atoms with Gasteiger partial charge in [-0.05, 0) is 58.5 Å². The third kappa shape index (κ3) is 3.35. The summed E-state index contributed by atoms with van der Waals surface area (Å²) in [5, 5.41) is 0.644. The molecule has 2 rings (SSSR count). The first kappa shape index (κ1) is 14.9. The maximum absolute atomic E-state index is 12.8. The van der Waals surface area contributed by atoms with E-state index in [1.54, 1.807) is 24.3 Å². The maximum Gasteiger partial charge on any atom is 0.416 e. The first-order chi connectivity index (χ1) is 8.79. The Bertz CT molecular complexity index is 604. The van der Waals surface area contributed by atoms with Crippen LogP contribution in [-0.4, -0.2) is 0 Å². The molecule has 100 valence electrons. The number of hydrogen-bond acceptors (Lipinski definition) is 0. The Labute approximate surface area is 131 Å². The molecule has 0 aliphatic heterocycles. The molecule has 0 fully saturated rings. The van der Waals surface area contributed by atoms with Crippen LogP contribution in [0.5, 0.6) is 0 Å². The van der Waals surface area contributed by atoms with Crippen molar-refractivity contribution in [3.8, 4) is 11.1 Å². The number of alkyl halides is 3. The van der Waals surface area contributed by atoms with Gasteiger partial charge in [-0.1, -0.05) is 29.3 Å². The van der Waals surface area contributed by atoms with Crippen molar-refractivity contribution < 1.29 is 13.2 Å². The van der Waals surface area contributed by atoms with Crippen molar-refractivity contribution in [2.24, 2.45) is 0 Å². The van der Waals surface area contributed by atoms with Crippen molar-refractivity contribution in [2.45, 2.75) is 6.18 Å². The lowest BCUT2D eigenvalue weighted by atomic mass is 10.0. The van der Waals surface area contributed by atoms with Crippen molar-refractivity contribution in [1.82, 2.24) is 0 Å². The van der Waals surface area contributed by atoms with Gasteiger partial charge < -0.3 is 0 Å². The Morgan fingerprint density at radius 1 is 0.947 bits per heavy atom. The largest absolute Gasteiger partial charge is 0.416 e. The van der Waals surface area contributed by atoms with Gasteiger partial charge in [-0.15, -0.1) is 0 Å². The monoisotopic (exact) mass is 416 g/mol. The van der Waals surface area contributed by atoms with E-state index >= 15 is 0 Å². The third-order valence-electron chi connectivity index (χ3n) is 2.48. The highest BCUT2D eigenvalue weighted by Crippen LogP contribution is 2.38. The van der Waals surface area contributed by atoms with Crippen molar-refractivity contribution in [1.29, 1.82) is 0 Å². The molecule has 0 amide bonds. The Hall–Kier alpha value is -0.460. The van der Waals surface area contributed by atoms with Gasteiger partial charge in [0.2, 0.25) is 0 Å². The van der Waals surface area contributed by atoms with Gasteiger partial charge in [0, 0.05) is 19.2 Å². The van der Waals surface area contributed by atoms with Crippen LogP contribution in [0.2, 0.25) is 10.0 Å². The summed E-state index contributed by atoms with van der Waals surface area (Å²) in [6, 6.07) is 8.57. The van der Waals surface area contributed by atoms with Crippen LogP contribution in [0.25, 0.3) is 11.1 Å². The summed E-state index contributed by atoms with van der Waals surface area (Å²) in [4.78, 5) is 0. The average molecular weight is 417 g/mol. The average Bonchev–Trinajstić information content (AvgIpc) is 2.26. The molecule has 0 saturated heterocycles. The second-order valence-corrected chi connectivity index (χ2v) is 5.88. The Kier molecular flexibility index (Phi) is 4.32. The molecule has 0 aliphatic rings. The molecule has 2 aromatic carbocycles. The highest BCUT2D eigenvalue weighted by Gasteiger charge is 2.31. The summed E-state index contributed by atoms with van der Waals surface area (Å²) < 4.78 is 38.9. The van der Waals surface area contributed by atoms with Crippen molar-refractivity contribution >= 4 is 45.8 Å². The predicted molar refractivity (Wildman–Crippen MR) is 79.6 cm³/mol. The van der Waals surface area contributed by atoms with E-state index in [0.29, 0.717) is 24.7 Å². The van der Waals surface area contributed by atoms with Gasteiger partial charge in [0.25, 0.3) is 0 Å². The van der Waals surface area contributed by atoms with Crippen molar-refractivity contribution in [2.75, 3.05) is 0 Å². The van der Waals surface area contributed by atoms with Crippen LogP contribution in [-0.2, 0) is 6.18 Å². The molecule has 0 radical (unpaired) electrons. The molecule has 0 atom stereocenters. The molecule has 19 heavy (non-hydrogen) atoms. The molecule has 0 aliphatic carbocycles. The second-order valence-electron chi connectivity index (χ2n) is 3.82. The minimum absolute atomic E-state index is 0.322. The SMILES string of the molecule is FC(F)(F)c1cc(I)cc(-c2c(Cl)cccc2Cl)c1. The maximum atomic E-state index is 12.8. The van der Waals surface area contributed by atoms with E-state index in [-0.39, 0.29) is 0 Å². The van der Waals surface area contributed by atoms with E-state index in [2.05, 4.69) is 0 Å². The summed E-state index contributed by atoms with van der Waals surface area (Å²) in [7, 11) is 0. The van der Waals surface area contributed by atoms with Crippen molar-refractivity contribution in [3.63, 3.8) is 0 Å². The highest BCUT2D eigenvalue weighted by atomic mass is 127. The molecule has 0 saturated carbocycles. The van der Waals surface area contributed by atoms with Crippen LogP contribution in [0.15, 0.2) is 36.4 Å². The zero-order valence-electron chi connectivity index (χ0n) is 9.23. The second kappa shape index (κ2) is 5.50. The topological polar surface area (TPSA) is 0 Å². The minimum Gasteiger partial charge on any atom is -0.166 e. The van der Waals surface area contributed by atoms with Crippen molar-refractivity contribution in [3.05, 3.63) is 55.6 Å². The third-order valence-corrected chi connectivity index (χ3v) is 3.73. The molecule has 6 heteroatoms. The summed E-state index contributed by atoms with van der Waals surface area (Å²) in [6.45, 7) is 0. The molecular formula is C13H6Cl2F3I. The molecule has 0 N–H and O–H groups in total. The standard InChI is InChI=1S/C13H6Cl2F3I/c14-10-2-1-3-11(15)12(10)7-4-8(13(16,17)18)6-9(19)5-7/h1-6H. The van der Waals surface area contributed by atoms with Gasteiger partial charge in [0.05, 0.1) is 5.56 Å². The predicted octanol–water partition coefficient (Wildman–Crippen LogP) is 6.28.